The summed E-state index contributed by atoms with van der Waals surface area (Å²) in [5.41, 5.74) is -7.23. The molecule has 4 aromatic rings. The fourth-order valence-electron chi connectivity index (χ4n) is 4.53. The van der Waals surface area contributed by atoms with Crippen LogP contribution < -0.4 is 5.32 Å². The van der Waals surface area contributed by atoms with Gasteiger partial charge in [-0.15, -0.1) is 0 Å². The lowest BCUT2D eigenvalue weighted by molar-refractivity contribution is -0.138. The van der Waals surface area contributed by atoms with Crippen LogP contribution in [0.2, 0.25) is 0 Å². The first kappa shape index (κ1) is 30.6. The Hall–Kier alpha value is -4.35. The van der Waals surface area contributed by atoms with Crippen molar-refractivity contribution in [3.63, 3.8) is 0 Å². The van der Waals surface area contributed by atoms with Gasteiger partial charge in [0.1, 0.15) is 5.82 Å². The minimum atomic E-state index is -5.06. The summed E-state index contributed by atoms with van der Waals surface area (Å²) in [5, 5.41) is 2.38. The molecule has 0 saturated heterocycles. The van der Waals surface area contributed by atoms with Crippen molar-refractivity contribution in [2.75, 3.05) is 0 Å². The third-order valence-electron chi connectivity index (χ3n) is 6.49. The van der Waals surface area contributed by atoms with Crippen molar-refractivity contribution in [2.45, 2.75) is 30.5 Å². The molecule has 220 valence electrons. The summed E-state index contributed by atoms with van der Waals surface area (Å²) in [6.07, 6.45) is -15.3. The Kier molecular flexibility index (Phi) is 8.12. The fraction of sp³-hybridized carbons (Fsp3) is 0.167. The van der Waals surface area contributed by atoms with Crippen molar-refractivity contribution in [1.29, 1.82) is 0 Å². The molecule has 0 aromatic heterocycles. The maximum atomic E-state index is 14.2. The molecule has 0 aliphatic rings. The van der Waals surface area contributed by atoms with Crippen LogP contribution in [0.3, 0.4) is 0 Å². The van der Waals surface area contributed by atoms with Crippen molar-refractivity contribution in [2.24, 2.45) is 0 Å². The molecule has 0 fully saturated rings. The van der Waals surface area contributed by atoms with Gasteiger partial charge >= 0.3 is 18.5 Å². The Bertz CT molecular complexity index is 1520. The molecule has 42 heavy (non-hydrogen) atoms. The van der Waals surface area contributed by atoms with Crippen LogP contribution in [-0.4, -0.2) is 5.91 Å². The molecule has 0 heterocycles. The van der Waals surface area contributed by atoms with Gasteiger partial charge in [0, 0.05) is 12.0 Å². The molecule has 0 bridgehead atoms. The first-order chi connectivity index (χ1) is 19.5. The van der Waals surface area contributed by atoms with Gasteiger partial charge in [-0.2, -0.15) is 39.5 Å². The third kappa shape index (κ3) is 6.75. The number of halogens is 10. The highest BCUT2D eigenvalue weighted by Gasteiger charge is 2.41. The molecule has 0 aliphatic carbocycles. The lowest BCUT2D eigenvalue weighted by Crippen LogP contribution is -2.49. The Morgan fingerprint density at radius 3 is 1.50 bits per heavy atom. The SMILES string of the molecule is O=C(NC(Cc1ccccc1)(c1cccc(C(F)(F)F)c1)c1cccc(C(F)(F)F)c1)c1cc(F)cc(C(F)(F)F)c1. The minimum Gasteiger partial charge on any atom is -0.338 e. The lowest BCUT2D eigenvalue weighted by atomic mass is 9.76. The number of hydrogen-bond donors (Lipinski definition) is 1. The molecule has 4 rings (SSSR count). The molecule has 0 aliphatic heterocycles. The zero-order valence-corrected chi connectivity index (χ0v) is 21.1. The van der Waals surface area contributed by atoms with E-state index in [1.807, 2.05) is 0 Å². The highest BCUT2D eigenvalue weighted by Crippen LogP contribution is 2.40. The van der Waals surface area contributed by atoms with Gasteiger partial charge in [-0.3, -0.25) is 4.79 Å². The van der Waals surface area contributed by atoms with Gasteiger partial charge in [-0.25, -0.2) is 4.39 Å². The highest BCUT2D eigenvalue weighted by molar-refractivity contribution is 5.95. The summed E-state index contributed by atoms with van der Waals surface area (Å²) < 4.78 is 137. The van der Waals surface area contributed by atoms with E-state index in [4.69, 9.17) is 0 Å². The molecule has 0 atom stereocenters. The van der Waals surface area contributed by atoms with E-state index in [0.717, 1.165) is 24.3 Å². The van der Waals surface area contributed by atoms with Crippen molar-refractivity contribution < 1.29 is 48.7 Å². The summed E-state index contributed by atoms with van der Waals surface area (Å²) in [6.45, 7) is 0. The van der Waals surface area contributed by atoms with Crippen LogP contribution in [0.5, 0.6) is 0 Å². The molecule has 0 saturated carbocycles. The van der Waals surface area contributed by atoms with E-state index < -0.39 is 64.5 Å². The Balaban J connectivity index is 2.01. The van der Waals surface area contributed by atoms with Gasteiger partial charge in [-0.05, 0) is 59.2 Å². The number of amides is 1. The topological polar surface area (TPSA) is 29.1 Å². The van der Waals surface area contributed by atoms with Gasteiger partial charge in [0.25, 0.3) is 5.91 Å². The molecule has 1 N–H and O–H groups in total. The van der Waals surface area contributed by atoms with Crippen molar-refractivity contribution >= 4 is 5.91 Å². The first-order valence-corrected chi connectivity index (χ1v) is 12.1. The van der Waals surface area contributed by atoms with E-state index in [1.165, 1.54) is 12.1 Å². The summed E-state index contributed by atoms with van der Waals surface area (Å²) in [6, 6.07) is 15.6. The quantitative estimate of drug-likeness (QED) is 0.221. The van der Waals surface area contributed by atoms with Crippen LogP contribution in [-0.2, 0) is 30.5 Å². The number of nitrogens with one attached hydrogen (secondary N) is 1. The van der Waals surface area contributed by atoms with Crippen LogP contribution in [0, 0.1) is 5.82 Å². The first-order valence-electron chi connectivity index (χ1n) is 12.1. The third-order valence-corrected chi connectivity index (χ3v) is 6.49. The van der Waals surface area contributed by atoms with Gasteiger partial charge < -0.3 is 5.32 Å². The van der Waals surface area contributed by atoms with E-state index in [2.05, 4.69) is 5.32 Å². The maximum Gasteiger partial charge on any atom is 0.416 e. The molecular formula is C30H19F10NO. The standard InChI is InChI=1S/C30H19F10NO/c31-25-13-19(12-24(16-25)30(38,39)40)26(42)41-27(17-18-6-2-1-3-7-18,20-8-4-10-22(14-20)28(32,33)34)21-9-5-11-23(15-21)29(35,36)37/h1-16H,17H2,(H,41,42). The molecule has 0 spiro atoms. The van der Waals surface area contributed by atoms with E-state index in [-0.39, 0.29) is 17.2 Å². The molecule has 4 aromatic carbocycles. The predicted octanol–water partition coefficient (Wildman–Crippen LogP) is 8.80. The fourth-order valence-corrected chi connectivity index (χ4v) is 4.53. The van der Waals surface area contributed by atoms with E-state index in [0.29, 0.717) is 42.0 Å². The summed E-state index contributed by atoms with van der Waals surface area (Å²) in [7, 11) is 0. The average molecular weight is 599 g/mol. The number of hydrogen-bond acceptors (Lipinski definition) is 1. The molecule has 0 unspecified atom stereocenters. The van der Waals surface area contributed by atoms with E-state index in [9.17, 15) is 48.7 Å². The van der Waals surface area contributed by atoms with Crippen molar-refractivity contribution in [3.05, 3.63) is 142 Å². The number of alkyl halides is 9. The summed E-state index contributed by atoms with van der Waals surface area (Å²) in [4.78, 5) is 13.5. The van der Waals surface area contributed by atoms with Crippen molar-refractivity contribution in [3.8, 4) is 0 Å². The van der Waals surface area contributed by atoms with Gasteiger partial charge in [0.2, 0.25) is 0 Å². The highest BCUT2D eigenvalue weighted by atomic mass is 19.4. The Labute approximate surface area is 232 Å². The number of benzene rings is 4. The lowest BCUT2D eigenvalue weighted by Gasteiger charge is -2.37. The molecule has 1 amide bonds. The zero-order chi connectivity index (χ0) is 30.9. The van der Waals surface area contributed by atoms with Gasteiger partial charge in [0.15, 0.2) is 0 Å². The normalized spacial score (nSPS) is 12.7. The van der Waals surface area contributed by atoms with Crippen LogP contribution in [0.15, 0.2) is 97.1 Å². The van der Waals surface area contributed by atoms with Crippen molar-refractivity contribution in [1.82, 2.24) is 5.32 Å². The zero-order valence-electron chi connectivity index (χ0n) is 21.1. The maximum absolute atomic E-state index is 14.2. The number of carbonyl (C=O) groups is 1. The molecular weight excluding hydrogens is 580 g/mol. The average Bonchev–Trinajstić information content (AvgIpc) is 2.91. The Morgan fingerprint density at radius 2 is 1.02 bits per heavy atom. The second-order valence-corrected chi connectivity index (χ2v) is 9.41. The van der Waals surface area contributed by atoms with Gasteiger partial charge in [-0.1, -0.05) is 54.6 Å². The van der Waals surface area contributed by atoms with Crippen LogP contribution >= 0.6 is 0 Å². The summed E-state index contributed by atoms with van der Waals surface area (Å²) in [5.74, 6) is -2.80. The smallest absolute Gasteiger partial charge is 0.338 e. The summed E-state index contributed by atoms with van der Waals surface area (Å²) >= 11 is 0. The monoisotopic (exact) mass is 599 g/mol. The minimum absolute atomic E-state index is 0.146. The van der Waals surface area contributed by atoms with E-state index in [1.54, 1.807) is 18.2 Å². The molecule has 0 radical (unpaired) electrons. The molecule has 2 nitrogen and oxygen atoms in total. The predicted molar refractivity (Wildman–Crippen MR) is 133 cm³/mol. The largest absolute Gasteiger partial charge is 0.416 e. The molecule has 12 heteroatoms. The second-order valence-electron chi connectivity index (χ2n) is 9.41. The van der Waals surface area contributed by atoms with Crippen LogP contribution in [0.1, 0.15) is 43.7 Å². The number of carbonyl (C=O) groups excluding carboxylic acids is 1. The van der Waals surface area contributed by atoms with Gasteiger partial charge in [0.05, 0.1) is 22.2 Å². The van der Waals surface area contributed by atoms with Crippen LogP contribution in [0.4, 0.5) is 43.9 Å². The second kappa shape index (κ2) is 11.1. The van der Waals surface area contributed by atoms with Crippen LogP contribution in [0.25, 0.3) is 0 Å². The Morgan fingerprint density at radius 1 is 0.548 bits per heavy atom. The number of rotatable bonds is 6. The van der Waals surface area contributed by atoms with E-state index >= 15 is 0 Å².